The van der Waals surface area contributed by atoms with E-state index in [1.54, 1.807) is 18.2 Å². The predicted octanol–water partition coefficient (Wildman–Crippen LogP) is 5.79. The van der Waals surface area contributed by atoms with E-state index in [1.807, 2.05) is 0 Å². The molecule has 9 nitrogen and oxygen atoms in total. The molecule has 0 unspecified atom stereocenters. The Morgan fingerprint density at radius 2 is 1.92 bits per heavy atom. The fraction of sp³-hybridized carbons (Fsp3) is 0.333. The highest BCUT2D eigenvalue weighted by molar-refractivity contribution is 6.02. The van der Waals surface area contributed by atoms with Gasteiger partial charge in [0.15, 0.2) is 11.6 Å². The number of carbonyl (C=O) groups is 2. The Hall–Kier alpha value is -4.21. The molecule has 3 amide bonds. The molecule has 1 aromatic heterocycles. The number of hydrogen-bond donors (Lipinski definition) is 3. The van der Waals surface area contributed by atoms with Gasteiger partial charge < -0.3 is 25.4 Å². The molecule has 0 saturated heterocycles. The standard InChI is InChI=1S/C27H30FN5O4/c1-3-25(34)33-22-14-19-21(15-24(22)36-2)30-16-31-26(19)37-23-10-9-18(13-20(23)28)32-27(35)29-12-11-17-7-5-4-6-8-17/h3,9-10,13-17H,1,4-8,11-12H2,2H3,(H,33,34)(H2,29,32,35). The number of anilines is 2. The van der Waals surface area contributed by atoms with Crippen LogP contribution in [-0.4, -0.2) is 35.6 Å². The summed E-state index contributed by atoms with van der Waals surface area (Å²) in [7, 11) is 1.46. The molecule has 194 valence electrons. The van der Waals surface area contributed by atoms with Crippen LogP contribution < -0.4 is 25.4 Å². The van der Waals surface area contributed by atoms with Crippen molar-refractivity contribution in [2.45, 2.75) is 38.5 Å². The number of ether oxygens (including phenoxy) is 2. The van der Waals surface area contributed by atoms with Gasteiger partial charge in [-0.2, -0.15) is 0 Å². The van der Waals surface area contributed by atoms with E-state index in [-0.39, 0.29) is 17.7 Å². The molecular formula is C27H30FN5O4. The fourth-order valence-electron chi connectivity index (χ4n) is 4.40. The second-order valence-corrected chi connectivity index (χ2v) is 8.86. The van der Waals surface area contributed by atoms with E-state index in [1.165, 1.54) is 57.7 Å². The third kappa shape index (κ3) is 6.72. The largest absolute Gasteiger partial charge is 0.494 e. The predicted molar refractivity (Wildman–Crippen MR) is 140 cm³/mol. The summed E-state index contributed by atoms with van der Waals surface area (Å²) in [5.74, 6) is -0.0654. The van der Waals surface area contributed by atoms with E-state index >= 15 is 0 Å². The molecule has 2 aromatic carbocycles. The Balaban J connectivity index is 1.44. The van der Waals surface area contributed by atoms with E-state index in [0.717, 1.165) is 12.5 Å². The first-order valence-electron chi connectivity index (χ1n) is 12.2. The highest BCUT2D eigenvalue weighted by Gasteiger charge is 2.16. The van der Waals surface area contributed by atoms with Gasteiger partial charge in [-0.25, -0.2) is 19.2 Å². The van der Waals surface area contributed by atoms with Gasteiger partial charge in [-0.1, -0.05) is 38.7 Å². The summed E-state index contributed by atoms with van der Waals surface area (Å²) >= 11 is 0. The number of hydrogen-bond acceptors (Lipinski definition) is 6. The first-order valence-corrected chi connectivity index (χ1v) is 12.2. The second kappa shape index (κ2) is 12.2. The Kier molecular flexibility index (Phi) is 8.50. The summed E-state index contributed by atoms with van der Waals surface area (Å²) in [6, 6.07) is 6.94. The van der Waals surface area contributed by atoms with Crippen molar-refractivity contribution in [3.05, 3.63) is 55.1 Å². The van der Waals surface area contributed by atoms with Crippen molar-refractivity contribution in [1.29, 1.82) is 0 Å². The van der Waals surface area contributed by atoms with Crippen LogP contribution in [0.4, 0.5) is 20.6 Å². The molecular weight excluding hydrogens is 477 g/mol. The zero-order valence-electron chi connectivity index (χ0n) is 20.7. The van der Waals surface area contributed by atoms with Crippen molar-refractivity contribution < 1.29 is 23.5 Å². The lowest BCUT2D eigenvalue weighted by atomic mass is 9.87. The average Bonchev–Trinajstić information content (AvgIpc) is 2.90. The minimum absolute atomic E-state index is 0.0850. The molecule has 0 aliphatic heterocycles. The molecule has 1 saturated carbocycles. The number of halogens is 1. The van der Waals surface area contributed by atoms with Crippen LogP contribution in [0.1, 0.15) is 38.5 Å². The van der Waals surface area contributed by atoms with Gasteiger partial charge >= 0.3 is 6.03 Å². The monoisotopic (exact) mass is 507 g/mol. The maximum atomic E-state index is 14.9. The van der Waals surface area contributed by atoms with Crippen LogP contribution in [0.2, 0.25) is 0 Å². The van der Waals surface area contributed by atoms with Crippen molar-refractivity contribution in [2.24, 2.45) is 5.92 Å². The molecule has 0 spiro atoms. The summed E-state index contributed by atoms with van der Waals surface area (Å²) in [6.07, 6.45) is 9.62. The van der Waals surface area contributed by atoms with Crippen molar-refractivity contribution in [3.8, 4) is 17.4 Å². The van der Waals surface area contributed by atoms with Gasteiger partial charge in [0, 0.05) is 24.4 Å². The van der Waals surface area contributed by atoms with Crippen LogP contribution in [0.3, 0.4) is 0 Å². The quantitative estimate of drug-likeness (QED) is 0.316. The number of urea groups is 1. The van der Waals surface area contributed by atoms with E-state index in [4.69, 9.17) is 9.47 Å². The highest BCUT2D eigenvalue weighted by Crippen LogP contribution is 2.35. The van der Waals surface area contributed by atoms with Crippen molar-refractivity contribution in [3.63, 3.8) is 0 Å². The number of aromatic nitrogens is 2. The minimum atomic E-state index is -0.680. The Morgan fingerprint density at radius 3 is 2.65 bits per heavy atom. The fourth-order valence-corrected chi connectivity index (χ4v) is 4.40. The first-order chi connectivity index (χ1) is 18.0. The van der Waals surface area contributed by atoms with Gasteiger partial charge in [0.25, 0.3) is 0 Å². The van der Waals surface area contributed by atoms with Gasteiger partial charge in [0.1, 0.15) is 12.1 Å². The van der Waals surface area contributed by atoms with Crippen LogP contribution in [0.25, 0.3) is 10.9 Å². The molecule has 1 aliphatic rings. The molecule has 3 aromatic rings. The Bertz CT molecular complexity index is 1290. The second-order valence-electron chi connectivity index (χ2n) is 8.86. The molecule has 1 heterocycles. The minimum Gasteiger partial charge on any atom is -0.494 e. The summed E-state index contributed by atoms with van der Waals surface area (Å²) < 4.78 is 25.9. The van der Waals surface area contributed by atoms with Gasteiger partial charge in [-0.3, -0.25) is 4.79 Å². The van der Waals surface area contributed by atoms with E-state index in [0.29, 0.717) is 40.5 Å². The van der Waals surface area contributed by atoms with E-state index in [2.05, 4.69) is 32.5 Å². The summed E-state index contributed by atoms with van der Waals surface area (Å²) in [5.41, 5.74) is 1.13. The van der Waals surface area contributed by atoms with Crippen LogP contribution in [-0.2, 0) is 4.79 Å². The number of rotatable bonds is 9. The zero-order chi connectivity index (χ0) is 26.2. The zero-order valence-corrected chi connectivity index (χ0v) is 20.7. The Morgan fingerprint density at radius 1 is 1.11 bits per heavy atom. The molecule has 3 N–H and O–H groups in total. The summed E-state index contributed by atoms with van der Waals surface area (Å²) in [4.78, 5) is 32.4. The summed E-state index contributed by atoms with van der Waals surface area (Å²) in [5, 5.41) is 8.57. The molecule has 1 fully saturated rings. The summed E-state index contributed by atoms with van der Waals surface area (Å²) in [6.45, 7) is 4.03. The van der Waals surface area contributed by atoms with Gasteiger partial charge in [-0.05, 0) is 36.6 Å². The number of benzene rings is 2. The number of carbonyl (C=O) groups excluding carboxylic acids is 2. The smallest absolute Gasteiger partial charge is 0.319 e. The molecule has 4 rings (SSSR count). The Labute approximate surface area is 214 Å². The third-order valence-electron chi connectivity index (χ3n) is 6.32. The maximum Gasteiger partial charge on any atom is 0.319 e. The van der Waals surface area contributed by atoms with E-state index < -0.39 is 11.7 Å². The lowest BCUT2D eigenvalue weighted by Crippen LogP contribution is -2.30. The normalized spacial score (nSPS) is 13.6. The number of nitrogens with one attached hydrogen (secondary N) is 3. The third-order valence-corrected chi connectivity index (χ3v) is 6.32. The lowest BCUT2D eigenvalue weighted by molar-refractivity contribution is -0.111. The van der Waals surface area contributed by atoms with Crippen LogP contribution in [0.5, 0.6) is 17.4 Å². The van der Waals surface area contributed by atoms with Crippen molar-refractivity contribution in [2.75, 3.05) is 24.3 Å². The number of amides is 3. The molecule has 10 heteroatoms. The molecule has 37 heavy (non-hydrogen) atoms. The van der Waals surface area contributed by atoms with Crippen LogP contribution in [0, 0.1) is 11.7 Å². The molecule has 0 radical (unpaired) electrons. The van der Waals surface area contributed by atoms with E-state index in [9.17, 15) is 14.0 Å². The topological polar surface area (TPSA) is 114 Å². The SMILES string of the molecule is C=CC(=O)Nc1cc2c(Oc3ccc(NC(=O)NCCC4CCCCC4)cc3F)ncnc2cc1OC. The highest BCUT2D eigenvalue weighted by atomic mass is 19.1. The number of nitrogens with zero attached hydrogens (tertiary/aromatic N) is 2. The van der Waals surface area contributed by atoms with Gasteiger partial charge in [-0.15, -0.1) is 0 Å². The van der Waals surface area contributed by atoms with Crippen LogP contribution in [0.15, 0.2) is 49.3 Å². The molecule has 0 bridgehead atoms. The maximum absolute atomic E-state index is 14.9. The van der Waals surface area contributed by atoms with Crippen molar-refractivity contribution >= 4 is 34.2 Å². The van der Waals surface area contributed by atoms with Gasteiger partial charge in [0.05, 0.1) is 23.7 Å². The lowest BCUT2D eigenvalue weighted by Gasteiger charge is -2.21. The number of methoxy groups -OCH3 is 1. The van der Waals surface area contributed by atoms with Crippen LogP contribution >= 0.6 is 0 Å². The first kappa shape index (κ1) is 25.9. The van der Waals surface area contributed by atoms with Gasteiger partial charge in [0.2, 0.25) is 11.8 Å². The van der Waals surface area contributed by atoms with Crippen molar-refractivity contribution in [1.82, 2.24) is 15.3 Å². The number of fused-ring (bicyclic) bond motifs is 1. The molecule has 0 atom stereocenters. The average molecular weight is 508 g/mol. The molecule has 1 aliphatic carbocycles.